The lowest BCUT2D eigenvalue weighted by atomic mass is 9.84. The van der Waals surface area contributed by atoms with Gasteiger partial charge in [-0.1, -0.05) is 20.8 Å². The van der Waals surface area contributed by atoms with Gasteiger partial charge in [0.25, 0.3) is 0 Å². The average Bonchev–Trinajstić information content (AvgIpc) is 2.74. The van der Waals surface area contributed by atoms with Crippen molar-refractivity contribution in [3.63, 3.8) is 0 Å². The molecule has 1 amide bonds. The van der Waals surface area contributed by atoms with Crippen LogP contribution in [-0.4, -0.2) is 31.2 Å². The first-order chi connectivity index (χ1) is 8.24. The quantitative estimate of drug-likeness (QED) is 0.818. The molecule has 1 saturated heterocycles. The molecule has 1 aliphatic rings. The van der Waals surface area contributed by atoms with Crippen molar-refractivity contribution in [3.8, 4) is 0 Å². The summed E-state index contributed by atoms with van der Waals surface area (Å²) in [6.07, 6.45) is -4.06. The van der Waals surface area contributed by atoms with E-state index in [0.717, 1.165) is 0 Å². The second-order valence-electron chi connectivity index (χ2n) is 5.24. The van der Waals surface area contributed by atoms with Gasteiger partial charge in [0.2, 0.25) is 5.91 Å². The molecule has 0 aromatic heterocycles. The Hall–Kier alpha value is -0.780. The summed E-state index contributed by atoms with van der Waals surface area (Å²) in [5, 5.41) is 5.20. The summed E-state index contributed by atoms with van der Waals surface area (Å²) in [5.74, 6) is -0.765. The maximum Gasteiger partial charge on any atom is 0.404 e. The highest BCUT2D eigenvalue weighted by atomic mass is 19.4. The first kappa shape index (κ1) is 15.3. The maximum absolute atomic E-state index is 13.1. The molecule has 0 aromatic carbocycles. The maximum atomic E-state index is 13.1. The minimum absolute atomic E-state index is 0.124. The predicted octanol–water partition coefficient (Wildman–Crippen LogP) is 2.08. The highest BCUT2D eigenvalue weighted by Gasteiger charge is 2.61. The second kappa shape index (κ2) is 5.47. The lowest BCUT2D eigenvalue weighted by Crippen LogP contribution is -2.55. The Morgan fingerprint density at radius 1 is 1.44 bits per heavy atom. The van der Waals surface area contributed by atoms with Crippen molar-refractivity contribution in [2.45, 2.75) is 45.8 Å². The first-order valence-electron chi connectivity index (χ1n) is 6.33. The molecule has 0 radical (unpaired) electrons. The molecule has 106 valence electrons. The van der Waals surface area contributed by atoms with Crippen LogP contribution in [0.1, 0.15) is 33.6 Å². The van der Waals surface area contributed by atoms with Gasteiger partial charge in [-0.25, -0.2) is 0 Å². The zero-order valence-electron chi connectivity index (χ0n) is 11.0. The number of carbonyl (C=O) groups excluding carboxylic acids is 1. The van der Waals surface area contributed by atoms with Gasteiger partial charge in [-0.15, -0.1) is 0 Å². The number of amides is 1. The van der Waals surface area contributed by atoms with E-state index in [1.807, 2.05) is 20.8 Å². The fourth-order valence-corrected chi connectivity index (χ4v) is 2.30. The lowest BCUT2D eigenvalue weighted by Gasteiger charge is -2.32. The van der Waals surface area contributed by atoms with Crippen LogP contribution in [0, 0.1) is 11.3 Å². The van der Waals surface area contributed by atoms with E-state index in [1.54, 1.807) is 0 Å². The van der Waals surface area contributed by atoms with Gasteiger partial charge in [0, 0.05) is 12.6 Å². The van der Waals surface area contributed by atoms with Crippen molar-refractivity contribution in [2.75, 3.05) is 13.1 Å². The van der Waals surface area contributed by atoms with E-state index in [2.05, 4.69) is 10.6 Å². The Morgan fingerprint density at radius 2 is 2.06 bits per heavy atom. The molecule has 1 fully saturated rings. The van der Waals surface area contributed by atoms with E-state index >= 15 is 0 Å². The normalized spacial score (nSPS) is 26.4. The number of rotatable bonds is 4. The van der Waals surface area contributed by atoms with Gasteiger partial charge >= 0.3 is 6.18 Å². The summed E-state index contributed by atoms with van der Waals surface area (Å²) < 4.78 is 39.4. The van der Waals surface area contributed by atoms with E-state index in [4.69, 9.17) is 0 Å². The molecular weight excluding hydrogens is 245 g/mol. The number of hydrogen-bond acceptors (Lipinski definition) is 2. The Kier molecular flexibility index (Phi) is 4.64. The third kappa shape index (κ3) is 2.79. The fraction of sp³-hybridized carbons (Fsp3) is 0.917. The third-order valence-corrected chi connectivity index (χ3v) is 3.69. The van der Waals surface area contributed by atoms with Gasteiger partial charge in [0.15, 0.2) is 5.41 Å². The van der Waals surface area contributed by atoms with Crippen molar-refractivity contribution >= 4 is 5.91 Å². The van der Waals surface area contributed by atoms with Gasteiger partial charge in [0.05, 0.1) is 0 Å². The summed E-state index contributed by atoms with van der Waals surface area (Å²) in [6.45, 7) is 5.55. The molecule has 3 nitrogen and oxygen atoms in total. The largest absolute Gasteiger partial charge is 0.404 e. The lowest BCUT2D eigenvalue weighted by molar-refractivity contribution is -0.216. The van der Waals surface area contributed by atoms with Crippen molar-refractivity contribution in [1.82, 2.24) is 10.6 Å². The van der Waals surface area contributed by atoms with E-state index in [9.17, 15) is 18.0 Å². The smallest absolute Gasteiger partial charge is 0.352 e. The zero-order chi connectivity index (χ0) is 14.0. The molecule has 18 heavy (non-hydrogen) atoms. The summed E-state index contributed by atoms with van der Waals surface area (Å²) in [6, 6.07) is -0.211. The summed E-state index contributed by atoms with van der Waals surface area (Å²) >= 11 is 0. The van der Waals surface area contributed by atoms with E-state index in [1.165, 1.54) is 0 Å². The number of alkyl halides is 3. The van der Waals surface area contributed by atoms with E-state index < -0.39 is 17.5 Å². The van der Waals surface area contributed by atoms with Crippen LogP contribution < -0.4 is 10.6 Å². The van der Waals surface area contributed by atoms with Crippen LogP contribution in [-0.2, 0) is 4.79 Å². The van der Waals surface area contributed by atoms with Crippen LogP contribution in [0.25, 0.3) is 0 Å². The minimum atomic E-state index is -4.50. The molecule has 1 heterocycles. The highest BCUT2D eigenvalue weighted by Crippen LogP contribution is 2.43. The molecule has 6 heteroatoms. The van der Waals surface area contributed by atoms with E-state index in [-0.39, 0.29) is 31.5 Å². The molecule has 2 unspecified atom stereocenters. The highest BCUT2D eigenvalue weighted by molar-refractivity contribution is 5.84. The molecule has 0 bridgehead atoms. The molecule has 2 atom stereocenters. The van der Waals surface area contributed by atoms with Crippen molar-refractivity contribution in [3.05, 3.63) is 0 Å². The Labute approximate surface area is 106 Å². The summed E-state index contributed by atoms with van der Waals surface area (Å²) in [7, 11) is 0. The number of halogens is 3. The van der Waals surface area contributed by atoms with Crippen LogP contribution >= 0.6 is 0 Å². The SMILES string of the molecule is CCC(NC(=O)C1(C(F)(F)F)CCNC1)C(C)C. The molecule has 1 aliphatic heterocycles. The predicted molar refractivity (Wildman–Crippen MR) is 63.0 cm³/mol. The zero-order valence-corrected chi connectivity index (χ0v) is 11.0. The van der Waals surface area contributed by atoms with Crippen molar-refractivity contribution < 1.29 is 18.0 Å². The Bertz CT molecular complexity index is 296. The standard InChI is InChI=1S/C12H21F3N2O/c1-4-9(8(2)3)17-10(18)11(12(13,14)15)5-6-16-7-11/h8-9,16H,4-7H2,1-3H3,(H,17,18). The van der Waals surface area contributed by atoms with Gasteiger partial charge in [-0.2, -0.15) is 13.2 Å². The van der Waals surface area contributed by atoms with Crippen LogP contribution in [0.15, 0.2) is 0 Å². The molecule has 0 aromatic rings. The Morgan fingerprint density at radius 3 is 2.39 bits per heavy atom. The molecule has 0 aliphatic carbocycles. The Balaban J connectivity index is 2.85. The van der Waals surface area contributed by atoms with Gasteiger partial charge in [0.1, 0.15) is 0 Å². The average molecular weight is 266 g/mol. The molecule has 1 rings (SSSR count). The third-order valence-electron chi connectivity index (χ3n) is 3.69. The molecule has 0 saturated carbocycles. The molecule has 0 spiro atoms. The van der Waals surface area contributed by atoms with Gasteiger partial charge in [-0.3, -0.25) is 4.79 Å². The molecule has 2 N–H and O–H groups in total. The topological polar surface area (TPSA) is 41.1 Å². The second-order valence-corrected chi connectivity index (χ2v) is 5.24. The first-order valence-corrected chi connectivity index (χ1v) is 6.33. The van der Waals surface area contributed by atoms with Crippen LogP contribution in [0.5, 0.6) is 0 Å². The molecular formula is C12H21F3N2O. The van der Waals surface area contributed by atoms with Gasteiger partial charge < -0.3 is 10.6 Å². The summed E-state index contributed by atoms with van der Waals surface area (Å²) in [4.78, 5) is 12.0. The van der Waals surface area contributed by atoms with Crippen molar-refractivity contribution in [1.29, 1.82) is 0 Å². The van der Waals surface area contributed by atoms with Crippen LogP contribution in [0.4, 0.5) is 13.2 Å². The fourth-order valence-electron chi connectivity index (χ4n) is 2.30. The number of nitrogens with one attached hydrogen (secondary N) is 2. The summed E-state index contributed by atoms with van der Waals surface area (Å²) in [5.41, 5.74) is -2.25. The van der Waals surface area contributed by atoms with E-state index in [0.29, 0.717) is 6.42 Å². The van der Waals surface area contributed by atoms with Crippen LogP contribution in [0.2, 0.25) is 0 Å². The van der Waals surface area contributed by atoms with Gasteiger partial charge in [-0.05, 0) is 25.3 Å². The van der Waals surface area contributed by atoms with Crippen molar-refractivity contribution in [2.24, 2.45) is 11.3 Å². The monoisotopic (exact) mass is 266 g/mol. The minimum Gasteiger partial charge on any atom is -0.352 e. The number of carbonyl (C=O) groups is 1. The van der Waals surface area contributed by atoms with Crippen LogP contribution in [0.3, 0.4) is 0 Å². The number of hydrogen-bond donors (Lipinski definition) is 2.